The number of hydrogen-bond donors (Lipinski definition) is 2. The van der Waals surface area contributed by atoms with Crippen LogP contribution in [-0.4, -0.2) is 77.8 Å². The van der Waals surface area contributed by atoms with Crippen molar-refractivity contribution in [2.45, 2.75) is 89.7 Å². The molecule has 3 heterocycles. The molecule has 9 heteroatoms. The third-order valence-corrected chi connectivity index (χ3v) is 9.82. The predicted molar refractivity (Wildman–Crippen MR) is 184 cm³/mol. The van der Waals surface area contributed by atoms with Crippen molar-refractivity contribution in [1.82, 2.24) is 15.1 Å². The van der Waals surface area contributed by atoms with E-state index in [1.54, 1.807) is 6.92 Å². The van der Waals surface area contributed by atoms with Gasteiger partial charge < -0.3 is 29.5 Å². The molecular weight excluding hydrogens is 606 g/mol. The molecule has 0 bridgehead atoms. The van der Waals surface area contributed by atoms with Gasteiger partial charge in [-0.25, -0.2) is 0 Å². The molecule has 6 rings (SSSR count). The summed E-state index contributed by atoms with van der Waals surface area (Å²) in [6.07, 6.45) is 4.36. The van der Waals surface area contributed by atoms with Crippen molar-refractivity contribution < 1.29 is 28.9 Å². The first-order chi connectivity index (χ1) is 23.3. The molecule has 2 N–H and O–H groups in total. The van der Waals surface area contributed by atoms with Crippen molar-refractivity contribution in [2.24, 2.45) is 0 Å². The van der Waals surface area contributed by atoms with Crippen LogP contribution in [0.15, 0.2) is 72.8 Å². The number of amides is 1. The Morgan fingerprint density at radius 1 is 0.896 bits per heavy atom. The zero-order valence-electron chi connectivity index (χ0n) is 28.2. The average Bonchev–Trinajstić information content (AvgIpc) is 3.79. The van der Waals surface area contributed by atoms with E-state index in [2.05, 4.69) is 57.6 Å². The van der Waals surface area contributed by atoms with E-state index in [4.69, 9.17) is 14.2 Å². The minimum absolute atomic E-state index is 0.00964. The van der Waals surface area contributed by atoms with Gasteiger partial charge in [0.1, 0.15) is 0 Å². The molecule has 3 aliphatic heterocycles. The van der Waals surface area contributed by atoms with Gasteiger partial charge in [-0.05, 0) is 92.2 Å². The summed E-state index contributed by atoms with van der Waals surface area (Å²) in [5, 5.41) is 12.5. The highest BCUT2D eigenvalue weighted by Crippen LogP contribution is 2.39. The van der Waals surface area contributed by atoms with Crippen LogP contribution in [0.5, 0.6) is 0 Å². The molecule has 0 spiro atoms. The van der Waals surface area contributed by atoms with Crippen molar-refractivity contribution in [3.8, 4) is 11.1 Å². The minimum atomic E-state index is -0.848. The lowest BCUT2D eigenvalue weighted by Crippen LogP contribution is -2.45. The fraction of sp³-hybridized carbons (Fsp3) is 0.487. The number of aliphatic hydroxyl groups is 1. The second-order valence-electron chi connectivity index (χ2n) is 13.4. The van der Waals surface area contributed by atoms with Crippen molar-refractivity contribution >= 4 is 11.9 Å². The first-order valence-corrected chi connectivity index (χ1v) is 17.5. The van der Waals surface area contributed by atoms with Gasteiger partial charge in [-0.3, -0.25) is 14.5 Å². The smallest absolute Gasteiger partial charge is 0.303 e. The fourth-order valence-electron chi connectivity index (χ4n) is 7.26. The van der Waals surface area contributed by atoms with Gasteiger partial charge in [0.05, 0.1) is 18.8 Å². The molecule has 3 fully saturated rings. The SMILES string of the molecule is CC(=O)O[C@@H](C)C(=O)NCc1cccc(-c2cccc([C@@H]3O[C@H](CN4CCC[C@H]4CN4CCCC4)C[C@H](c4ccc(CO)cc4)O3)c2)c1. The molecule has 256 valence electrons. The van der Waals surface area contributed by atoms with E-state index in [-0.39, 0.29) is 24.7 Å². The molecule has 5 atom stereocenters. The second-order valence-corrected chi connectivity index (χ2v) is 13.4. The van der Waals surface area contributed by atoms with Crippen LogP contribution in [0.25, 0.3) is 11.1 Å². The molecule has 3 aromatic carbocycles. The maximum atomic E-state index is 12.4. The van der Waals surface area contributed by atoms with E-state index in [0.717, 1.165) is 59.4 Å². The van der Waals surface area contributed by atoms with Crippen LogP contribution in [-0.2, 0) is 37.0 Å². The summed E-state index contributed by atoms with van der Waals surface area (Å²) in [6.45, 7) is 8.76. The summed E-state index contributed by atoms with van der Waals surface area (Å²) < 4.78 is 18.5. The van der Waals surface area contributed by atoms with Gasteiger partial charge in [-0.2, -0.15) is 0 Å². The first-order valence-electron chi connectivity index (χ1n) is 17.5. The van der Waals surface area contributed by atoms with E-state index < -0.39 is 18.4 Å². The molecular formula is C39H49N3O6. The highest BCUT2D eigenvalue weighted by molar-refractivity contribution is 5.82. The molecule has 0 radical (unpaired) electrons. The maximum absolute atomic E-state index is 12.4. The minimum Gasteiger partial charge on any atom is -0.453 e. The van der Waals surface area contributed by atoms with E-state index in [9.17, 15) is 14.7 Å². The molecule has 0 unspecified atom stereocenters. The van der Waals surface area contributed by atoms with Gasteiger partial charge in [0.25, 0.3) is 5.91 Å². The molecule has 48 heavy (non-hydrogen) atoms. The second kappa shape index (κ2) is 16.2. The van der Waals surface area contributed by atoms with Crippen LogP contribution in [0, 0.1) is 0 Å². The Morgan fingerprint density at radius 3 is 2.40 bits per heavy atom. The molecule has 9 nitrogen and oxygen atoms in total. The Kier molecular flexibility index (Phi) is 11.6. The Morgan fingerprint density at radius 2 is 1.65 bits per heavy atom. The Labute approximate surface area is 284 Å². The zero-order chi connectivity index (χ0) is 33.5. The maximum Gasteiger partial charge on any atom is 0.303 e. The number of ether oxygens (including phenoxy) is 3. The predicted octanol–water partition coefficient (Wildman–Crippen LogP) is 5.52. The molecule has 0 aromatic heterocycles. The standard InChI is InChI=1S/C39H49N3O6/c1-27(46-28(2)44)38(45)40-23-30-8-5-9-32(20-30)33-10-6-11-34(21-33)39-47-36(22-37(48-39)31-15-13-29(26-43)14-16-31)25-42-19-7-12-35(42)24-41-17-3-4-18-41/h5-6,8-11,13-16,20-21,27,35-37,39,43H,3-4,7,12,17-19,22-26H2,1-2H3,(H,40,45)/t27-,35-,36-,37+,39+/m0/s1. The van der Waals surface area contributed by atoms with Gasteiger partial charge in [0, 0.05) is 44.6 Å². The van der Waals surface area contributed by atoms with Crippen molar-refractivity contribution in [3.05, 3.63) is 95.1 Å². The van der Waals surface area contributed by atoms with Crippen LogP contribution < -0.4 is 5.32 Å². The third-order valence-electron chi connectivity index (χ3n) is 9.82. The van der Waals surface area contributed by atoms with Crippen LogP contribution in [0.2, 0.25) is 0 Å². The van der Waals surface area contributed by atoms with Crippen LogP contribution >= 0.6 is 0 Å². The van der Waals surface area contributed by atoms with Crippen LogP contribution in [0.4, 0.5) is 0 Å². The average molecular weight is 656 g/mol. The number of carbonyl (C=O) groups is 2. The molecule has 3 aromatic rings. The molecule has 0 aliphatic carbocycles. The monoisotopic (exact) mass is 655 g/mol. The van der Waals surface area contributed by atoms with E-state index in [1.165, 1.54) is 45.7 Å². The number of carbonyl (C=O) groups excluding carboxylic acids is 2. The lowest BCUT2D eigenvalue weighted by Gasteiger charge is -2.39. The molecule has 3 aliphatic rings. The highest BCUT2D eigenvalue weighted by atomic mass is 16.7. The quantitative estimate of drug-likeness (QED) is 0.246. The highest BCUT2D eigenvalue weighted by Gasteiger charge is 2.36. The summed E-state index contributed by atoms with van der Waals surface area (Å²) in [6, 6.07) is 25.0. The van der Waals surface area contributed by atoms with Gasteiger partial charge >= 0.3 is 5.97 Å². The Hall–Kier alpha value is -3.60. The number of likely N-dealkylation sites (tertiary alicyclic amines) is 2. The summed E-state index contributed by atoms with van der Waals surface area (Å²) in [7, 11) is 0. The largest absolute Gasteiger partial charge is 0.453 e. The summed E-state index contributed by atoms with van der Waals surface area (Å²) >= 11 is 0. The Balaban J connectivity index is 1.18. The molecule has 3 saturated heterocycles. The van der Waals surface area contributed by atoms with Crippen molar-refractivity contribution in [3.63, 3.8) is 0 Å². The fourth-order valence-corrected chi connectivity index (χ4v) is 7.26. The van der Waals surface area contributed by atoms with Gasteiger partial charge in [-0.15, -0.1) is 0 Å². The van der Waals surface area contributed by atoms with Gasteiger partial charge in [0.15, 0.2) is 12.4 Å². The summed E-state index contributed by atoms with van der Waals surface area (Å²) in [5.41, 5.74) is 5.91. The number of rotatable bonds is 12. The lowest BCUT2D eigenvalue weighted by molar-refractivity contribution is -0.253. The van der Waals surface area contributed by atoms with Crippen LogP contribution in [0.3, 0.4) is 0 Å². The van der Waals surface area contributed by atoms with Crippen LogP contribution in [0.1, 0.15) is 80.6 Å². The number of nitrogens with one attached hydrogen (secondary N) is 1. The topological polar surface area (TPSA) is 101 Å². The molecule has 1 amide bonds. The number of aliphatic hydroxyl groups excluding tert-OH is 1. The van der Waals surface area contributed by atoms with E-state index in [1.807, 2.05) is 30.3 Å². The summed E-state index contributed by atoms with van der Waals surface area (Å²) in [4.78, 5) is 28.9. The molecule has 0 saturated carbocycles. The lowest BCUT2D eigenvalue weighted by atomic mass is 9.98. The Bertz CT molecular complexity index is 1520. The van der Waals surface area contributed by atoms with Crippen molar-refractivity contribution in [1.29, 1.82) is 0 Å². The number of nitrogens with zero attached hydrogens (tertiary/aromatic N) is 2. The van der Waals surface area contributed by atoms with E-state index >= 15 is 0 Å². The van der Waals surface area contributed by atoms with E-state index in [0.29, 0.717) is 12.6 Å². The van der Waals surface area contributed by atoms with Crippen molar-refractivity contribution in [2.75, 3.05) is 32.7 Å². The normalized spacial score (nSPS) is 24.0. The number of esters is 1. The first kappa shape index (κ1) is 34.3. The van der Waals surface area contributed by atoms with Gasteiger partial charge in [-0.1, -0.05) is 60.7 Å². The number of hydrogen-bond acceptors (Lipinski definition) is 8. The number of benzene rings is 3. The van der Waals surface area contributed by atoms with Gasteiger partial charge in [0.2, 0.25) is 0 Å². The zero-order valence-corrected chi connectivity index (χ0v) is 28.2. The summed E-state index contributed by atoms with van der Waals surface area (Å²) in [5.74, 6) is -0.823. The third kappa shape index (κ3) is 8.89.